The Labute approximate surface area is 83.9 Å². The standard InChI is InChI=1S/C10H5ClF2O/c11-10-7(12)4-6(5-8(10)13)9-2-1-3-14-9/h1-5H. The summed E-state index contributed by atoms with van der Waals surface area (Å²) in [4.78, 5) is 0. The third kappa shape index (κ3) is 1.51. The third-order valence-corrected chi connectivity index (χ3v) is 2.15. The highest BCUT2D eigenvalue weighted by Gasteiger charge is 2.10. The molecular weight excluding hydrogens is 210 g/mol. The Bertz CT molecular complexity index is 428. The van der Waals surface area contributed by atoms with Crippen molar-refractivity contribution >= 4 is 11.6 Å². The predicted octanol–water partition coefficient (Wildman–Crippen LogP) is 3.88. The zero-order chi connectivity index (χ0) is 10.1. The van der Waals surface area contributed by atoms with E-state index in [0.29, 0.717) is 11.3 Å². The zero-order valence-corrected chi connectivity index (χ0v) is 7.68. The summed E-state index contributed by atoms with van der Waals surface area (Å²) in [6, 6.07) is 5.51. The summed E-state index contributed by atoms with van der Waals surface area (Å²) < 4.78 is 31.0. The van der Waals surface area contributed by atoms with Crippen LogP contribution in [0, 0.1) is 11.6 Å². The van der Waals surface area contributed by atoms with Crippen molar-refractivity contribution in [1.82, 2.24) is 0 Å². The van der Waals surface area contributed by atoms with Crippen LogP contribution < -0.4 is 0 Å². The second-order valence-corrected chi connectivity index (χ2v) is 3.11. The smallest absolute Gasteiger partial charge is 0.145 e. The van der Waals surface area contributed by atoms with Crippen molar-refractivity contribution in [3.63, 3.8) is 0 Å². The molecule has 0 aliphatic heterocycles. The summed E-state index contributed by atoms with van der Waals surface area (Å²) in [5.41, 5.74) is 0.328. The summed E-state index contributed by atoms with van der Waals surface area (Å²) >= 11 is 5.33. The highest BCUT2D eigenvalue weighted by molar-refractivity contribution is 6.30. The van der Waals surface area contributed by atoms with Gasteiger partial charge in [-0.1, -0.05) is 11.6 Å². The highest BCUT2D eigenvalue weighted by Crippen LogP contribution is 2.27. The Hall–Kier alpha value is -1.35. The molecular formula is C10H5ClF2O. The lowest BCUT2D eigenvalue weighted by Crippen LogP contribution is -1.85. The van der Waals surface area contributed by atoms with Crippen LogP contribution in [0.4, 0.5) is 8.78 Å². The molecule has 0 saturated carbocycles. The molecule has 0 aliphatic rings. The molecule has 1 aromatic heterocycles. The summed E-state index contributed by atoms with van der Waals surface area (Å²) in [5, 5.41) is -0.500. The molecule has 0 bridgehead atoms. The third-order valence-electron chi connectivity index (χ3n) is 1.79. The van der Waals surface area contributed by atoms with Gasteiger partial charge in [0.15, 0.2) is 0 Å². The molecule has 0 spiro atoms. The molecule has 0 amide bonds. The second-order valence-electron chi connectivity index (χ2n) is 2.73. The van der Waals surface area contributed by atoms with Crippen molar-refractivity contribution in [2.45, 2.75) is 0 Å². The van der Waals surface area contributed by atoms with Gasteiger partial charge in [-0.05, 0) is 24.3 Å². The van der Waals surface area contributed by atoms with Gasteiger partial charge >= 0.3 is 0 Å². The van der Waals surface area contributed by atoms with Crippen LogP contribution in [-0.4, -0.2) is 0 Å². The van der Waals surface area contributed by atoms with Crippen molar-refractivity contribution in [2.75, 3.05) is 0 Å². The van der Waals surface area contributed by atoms with Crippen LogP contribution in [0.25, 0.3) is 11.3 Å². The molecule has 0 aliphatic carbocycles. The first kappa shape index (κ1) is 9.21. The number of benzene rings is 1. The molecule has 14 heavy (non-hydrogen) atoms. The van der Waals surface area contributed by atoms with E-state index >= 15 is 0 Å². The maximum absolute atomic E-state index is 13.0. The molecule has 0 radical (unpaired) electrons. The van der Waals surface area contributed by atoms with Crippen molar-refractivity contribution in [3.05, 3.63) is 47.2 Å². The van der Waals surface area contributed by atoms with Crippen molar-refractivity contribution in [2.24, 2.45) is 0 Å². The Morgan fingerprint density at radius 1 is 1.14 bits per heavy atom. The molecule has 2 rings (SSSR count). The molecule has 0 fully saturated rings. The van der Waals surface area contributed by atoms with Crippen molar-refractivity contribution in [1.29, 1.82) is 0 Å². The fourth-order valence-electron chi connectivity index (χ4n) is 1.14. The maximum Gasteiger partial charge on any atom is 0.145 e. The number of hydrogen-bond donors (Lipinski definition) is 0. The molecule has 4 heteroatoms. The lowest BCUT2D eigenvalue weighted by atomic mass is 10.1. The van der Waals surface area contributed by atoms with Gasteiger partial charge in [-0.15, -0.1) is 0 Å². The van der Waals surface area contributed by atoms with Crippen molar-refractivity contribution in [3.8, 4) is 11.3 Å². The minimum atomic E-state index is -0.793. The minimum Gasteiger partial charge on any atom is -0.464 e. The van der Waals surface area contributed by atoms with Gasteiger partial charge in [-0.25, -0.2) is 8.78 Å². The van der Waals surface area contributed by atoms with E-state index in [0.717, 1.165) is 12.1 Å². The van der Waals surface area contributed by atoms with Crippen LogP contribution in [0.2, 0.25) is 5.02 Å². The highest BCUT2D eigenvalue weighted by atomic mass is 35.5. The van der Waals surface area contributed by atoms with Gasteiger partial charge in [-0.2, -0.15) is 0 Å². The molecule has 1 aromatic carbocycles. The van der Waals surface area contributed by atoms with Crippen LogP contribution in [0.3, 0.4) is 0 Å². The van der Waals surface area contributed by atoms with E-state index in [9.17, 15) is 8.78 Å². The Kier molecular flexibility index (Phi) is 2.25. The van der Waals surface area contributed by atoms with Crippen LogP contribution in [0.1, 0.15) is 0 Å². The number of furan rings is 1. The topological polar surface area (TPSA) is 13.1 Å². The molecule has 2 aromatic rings. The van der Waals surface area contributed by atoms with Crippen LogP contribution in [0.15, 0.2) is 34.9 Å². The molecule has 0 unspecified atom stereocenters. The van der Waals surface area contributed by atoms with E-state index in [1.807, 2.05) is 0 Å². The van der Waals surface area contributed by atoms with Gasteiger partial charge in [0.25, 0.3) is 0 Å². The van der Waals surface area contributed by atoms with E-state index < -0.39 is 16.7 Å². The molecule has 72 valence electrons. The molecule has 0 saturated heterocycles. The van der Waals surface area contributed by atoms with E-state index in [-0.39, 0.29) is 0 Å². The lowest BCUT2D eigenvalue weighted by Gasteiger charge is -2.00. The summed E-state index contributed by atoms with van der Waals surface area (Å²) in [6.45, 7) is 0. The van der Waals surface area contributed by atoms with Crippen molar-refractivity contribution < 1.29 is 13.2 Å². The number of hydrogen-bond acceptors (Lipinski definition) is 1. The average Bonchev–Trinajstić information content (AvgIpc) is 2.66. The van der Waals surface area contributed by atoms with Crippen LogP contribution in [-0.2, 0) is 0 Å². The van der Waals surface area contributed by atoms with E-state index in [1.165, 1.54) is 6.26 Å². The molecule has 1 heterocycles. The summed E-state index contributed by atoms with van der Waals surface area (Å²) in [5.74, 6) is -1.18. The van der Waals surface area contributed by atoms with Gasteiger partial charge in [0.1, 0.15) is 22.4 Å². The molecule has 0 atom stereocenters. The normalized spacial score (nSPS) is 10.5. The first-order valence-electron chi connectivity index (χ1n) is 3.87. The lowest BCUT2D eigenvalue weighted by molar-refractivity contribution is 0.569. The monoisotopic (exact) mass is 214 g/mol. The first-order valence-corrected chi connectivity index (χ1v) is 4.24. The van der Waals surface area contributed by atoms with Gasteiger partial charge in [0.05, 0.1) is 6.26 Å². The SMILES string of the molecule is Fc1cc(-c2ccco2)cc(F)c1Cl. The quantitative estimate of drug-likeness (QED) is 0.657. The fourth-order valence-corrected chi connectivity index (χ4v) is 1.25. The van der Waals surface area contributed by atoms with Gasteiger partial charge in [0, 0.05) is 5.56 Å². The molecule has 0 N–H and O–H groups in total. The van der Waals surface area contributed by atoms with E-state index in [4.69, 9.17) is 16.0 Å². The minimum absolute atomic E-state index is 0.328. The van der Waals surface area contributed by atoms with Gasteiger partial charge in [-0.3, -0.25) is 0 Å². The Balaban J connectivity index is 2.57. The number of halogens is 3. The second kappa shape index (κ2) is 3.42. The zero-order valence-electron chi connectivity index (χ0n) is 6.93. The Morgan fingerprint density at radius 2 is 1.79 bits per heavy atom. The largest absolute Gasteiger partial charge is 0.464 e. The average molecular weight is 215 g/mol. The van der Waals surface area contributed by atoms with Gasteiger partial charge < -0.3 is 4.42 Å². The summed E-state index contributed by atoms with van der Waals surface area (Å²) in [6.07, 6.45) is 1.43. The predicted molar refractivity (Wildman–Crippen MR) is 49.1 cm³/mol. The van der Waals surface area contributed by atoms with Crippen LogP contribution in [0.5, 0.6) is 0 Å². The fraction of sp³-hybridized carbons (Fsp3) is 0. The maximum atomic E-state index is 13.0. The van der Waals surface area contributed by atoms with Gasteiger partial charge in [0.2, 0.25) is 0 Å². The number of rotatable bonds is 1. The van der Waals surface area contributed by atoms with E-state index in [1.54, 1.807) is 12.1 Å². The van der Waals surface area contributed by atoms with Crippen LogP contribution >= 0.6 is 11.6 Å². The van der Waals surface area contributed by atoms with E-state index in [2.05, 4.69) is 0 Å². The first-order chi connectivity index (χ1) is 6.68. The summed E-state index contributed by atoms with van der Waals surface area (Å²) in [7, 11) is 0. The molecule has 1 nitrogen and oxygen atoms in total. The Morgan fingerprint density at radius 3 is 2.29 bits per heavy atom.